The van der Waals surface area contributed by atoms with E-state index in [1.165, 1.54) is 20.2 Å². The number of hydrogen-bond acceptors (Lipinski definition) is 6. The van der Waals surface area contributed by atoms with Gasteiger partial charge in [-0.25, -0.2) is 4.79 Å². The second kappa shape index (κ2) is 12.3. The van der Waals surface area contributed by atoms with Gasteiger partial charge in [-0.15, -0.1) is 0 Å². The minimum atomic E-state index is -0.898. The van der Waals surface area contributed by atoms with Crippen LogP contribution in [0.1, 0.15) is 30.3 Å². The number of carbonyl (C=O) groups is 3. The van der Waals surface area contributed by atoms with E-state index < -0.39 is 24.4 Å². The van der Waals surface area contributed by atoms with Crippen LogP contribution in [-0.2, 0) is 25.7 Å². The van der Waals surface area contributed by atoms with Gasteiger partial charge in [-0.2, -0.15) is 5.26 Å². The third-order valence-electron chi connectivity index (χ3n) is 5.19. The van der Waals surface area contributed by atoms with E-state index in [0.29, 0.717) is 11.4 Å². The Morgan fingerprint density at radius 2 is 1.97 bits per heavy atom. The first-order chi connectivity index (χ1) is 16.2. The largest absolute Gasteiger partial charge is 0.497 e. The Bertz CT molecular complexity index is 1130. The summed E-state index contributed by atoms with van der Waals surface area (Å²) in [7, 11) is 2.94. The minimum absolute atomic E-state index is 0.206. The van der Waals surface area contributed by atoms with E-state index in [0.717, 1.165) is 34.8 Å². The van der Waals surface area contributed by atoms with Crippen LogP contribution in [-0.4, -0.2) is 54.6 Å². The Morgan fingerprint density at radius 1 is 1.24 bits per heavy atom. The zero-order chi connectivity index (χ0) is 25.3. The fourth-order valence-corrected chi connectivity index (χ4v) is 3.35. The van der Waals surface area contributed by atoms with Crippen molar-refractivity contribution in [1.29, 1.82) is 5.26 Å². The molecule has 0 fully saturated rings. The van der Waals surface area contributed by atoms with Crippen molar-refractivity contribution in [1.82, 2.24) is 9.47 Å². The monoisotopic (exact) mass is 466 g/mol. The van der Waals surface area contributed by atoms with Gasteiger partial charge in [-0.05, 0) is 50.1 Å². The Kier molecular flexibility index (Phi) is 9.44. The molecule has 34 heavy (non-hydrogen) atoms. The van der Waals surface area contributed by atoms with Crippen LogP contribution in [0.25, 0.3) is 6.08 Å². The van der Waals surface area contributed by atoms with Gasteiger partial charge in [0, 0.05) is 36.7 Å². The lowest BCUT2D eigenvalue weighted by atomic mass is 10.1. The van der Waals surface area contributed by atoms with Crippen LogP contribution in [0.2, 0.25) is 0 Å². The first kappa shape index (κ1) is 26.2. The van der Waals surface area contributed by atoms with Gasteiger partial charge in [-0.3, -0.25) is 9.59 Å². The zero-order valence-electron chi connectivity index (χ0n) is 20.2. The van der Waals surface area contributed by atoms with Gasteiger partial charge in [0.05, 0.1) is 13.7 Å². The van der Waals surface area contributed by atoms with Crippen LogP contribution in [0.5, 0.6) is 5.75 Å². The number of rotatable bonds is 10. The smallest absolute Gasteiger partial charge is 0.349 e. The first-order valence-corrected chi connectivity index (χ1v) is 10.8. The maximum absolute atomic E-state index is 12.4. The highest BCUT2D eigenvalue weighted by Crippen LogP contribution is 2.19. The molecule has 0 aliphatic carbocycles. The Morgan fingerprint density at radius 3 is 2.62 bits per heavy atom. The van der Waals surface area contributed by atoms with Crippen molar-refractivity contribution in [2.45, 2.75) is 33.7 Å². The quantitative estimate of drug-likeness (QED) is 0.327. The number of aryl methyl sites for hydroxylation is 1. The van der Waals surface area contributed by atoms with Gasteiger partial charge in [0.15, 0.2) is 6.61 Å². The molecule has 2 rings (SSSR count). The topological polar surface area (TPSA) is 114 Å². The summed E-state index contributed by atoms with van der Waals surface area (Å²) in [6.07, 6.45) is 2.42. The molecule has 0 unspecified atom stereocenters. The van der Waals surface area contributed by atoms with E-state index in [1.54, 1.807) is 24.3 Å². The number of anilines is 1. The number of nitrogens with one attached hydrogen (secondary N) is 1. The number of carbonyl (C=O) groups excluding carboxylic acids is 3. The summed E-state index contributed by atoms with van der Waals surface area (Å²) in [5, 5.41) is 12.1. The second-order valence-corrected chi connectivity index (χ2v) is 7.75. The van der Waals surface area contributed by atoms with E-state index in [9.17, 15) is 19.6 Å². The summed E-state index contributed by atoms with van der Waals surface area (Å²) in [5.41, 5.74) is 3.04. The van der Waals surface area contributed by atoms with Crippen LogP contribution >= 0.6 is 0 Å². The summed E-state index contributed by atoms with van der Waals surface area (Å²) >= 11 is 0. The molecular weight excluding hydrogens is 436 g/mol. The van der Waals surface area contributed by atoms with Gasteiger partial charge in [-0.1, -0.05) is 13.0 Å². The summed E-state index contributed by atoms with van der Waals surface area (Å²) in [6.45, 7) is 5.97. The van der Waals surface area contributed by atoms with Gasteiger partial charge in [0.25, 0.3) is 5.91 Å². The molecule has 2 aromatic rings. The van der Waals surface area contributed by atoms with Crippen LogP contribution in [0.4, 0.5) is 5.69 Å². The van der Waals surface area contributed by atoms with Crippen LogP contribution in [0, 0.1) is 25.2 Å². The number of esters is 1. The maximum Gasteiger partial charge on any atom is 0.349 e. The summed E-state index contributed by atoms with van der Waals surface area (Å²) < 4.78 is 12.2. The fourth-order valence-electron chi connectivity index (χ4n) is 3.35. The zero-order valence-corrected chi connectivity index (χ0v) is 20.2. The van der Waals surface area contributed by atoms with E-state index in [-0.39, 0.29) is 12.1 Å². The molecule has 180 valence electrons. The van der Waals surface area contributed by atoms with Crippen LogP contribution < -0.4 is 10.1 Å². The molecule has 1 heterocycles. The van der Waals surface area contributed by atoms with Gasteiger partial charge in [0.1, 0.15) is 17.4 Å². The predicted molar refractivity (Wildman–Crippen MR) is 128 cm³/mol. The maximum atomic E-state index is 12.4. The van der Waals surface area contributed by atoms with Crippen molar-refractivity contribution in [3.63, 3.8) is 0 Å². The van der Waals surface area contributed by atoms with Crippen LogP contribution in [0.3, 0.4) is 0 Å². The standard InChI is InChI=1S/C25H30N4O5/c1-6-10-29-17(2)11-19(18(29)3)12-20(14-26)25(32)34-16-24(31)28(4)15-23(30)27-21-8-7-9-22(13-21)33-5/h7-9,11-13H,6,10,15-16H2,1-5H3,(H,27,30)/b20-12+. The Balaban J connectivity index is 1.94. The number of ether oxygens (including phenoxy) is 2. The van der Waals surface area contributed by atoms with Crippen molar-refractivity contribution in [3.05, 3.63) is 52.9 Å². The molecule has 9 nitrogen and oxygen atoms in total. The molecule has 0 saturated heterocycles. The molecule has 0 radical (unpaired) electrons. The lowest BCUT2D eigenvalue weighted by Crippen LogP contribution is -2.37. The van der Waals surface area contributed by atoms with Crippen LogP contribution in [0.15, 0.2) is 35.9 Å². The SMILES string of the molecule is CCCn1c(C)cc(/C=C(\C#N)C(=O)OCC(=O)N(C)CC(=O)Nc2cccc(OC)c2)c1C. The van der Waals surface area contributed by atoms with Crippen molar-refractivity contribution in [2.24, 2.45) is 0 Å². The van der Waals surface area contributed by atoms with E-state index >= 15 is 0 Å². The number of nitriles is 1. The molecule has 0 spiro atoms. The molecule has 0 saturated carbocycles. The number of hydrogen-bond donors (Lipinski definition) is 1. The summed E-state index contributed by atoms with van der Waals surface area (Å²) in [4.78, 5) is 38.1. The number of benzene rings is 1. The first-order valence-electron chi connectivity index (χ1n) is 10.8. The Hall–Kier alpha value is -4.06. The van der Waals surface area contributed by atoms with E-state index in [1.807, 2.05) is 26.0 Å². The molecule has 0 aliphatic rings. The number of likely N-dealkylation sites (N-methyl/N-ethyl adjacent to an activating group) is 1. The van der Waals surface area contributed by atoms with Gasteiger partial charge < -0.3 is 24.3 Å². The average Bonchev–Trinajstić information content (AvgIpc) is 3.08. The van der Waals surface area contributed by atoms with Gasteiger partial charge in [0.2, 0.25) is 5.91 Å². The molecule has 1 N–H and O–H groups in total. The summed E-state index contributed by atoms with van der Waals surface area (Å²) in [6, 6.07) is 10.5. The highest BCUT2D eigenvalue weighted by molar-refractivity contribution is 5.99. The third-order valence-corrected chi connectivity index (χ3v) is 5.19. The number of nitrogens with zero attached hydrogens (tertiary/aromatic N) is 3. The minimum Gasteiger partial charge on any atom is -0.497 e. The number of methoxy groups -OCH3 is 1. The third kappa shape index (κ3) is 6.97. The van der Waals surface area contributed by atoms with Crippen molar-refractivity contribution < 1.29 is 23.9 Å². The molecule has 0 aliphatic heterocycles. The molecule has 1 aromatic heterocycles. The molecule has 0 bridgehead atoms. The number of aromatic nitrogens is 1. The normalized spacial score (nSPS) is 10.9. The Labute approximate surface area is 199 Å². The summed E-state index contributed by atoms with van der Waals surface area (Å²) in [5.74, 6) is -1.31. The molecule has 2 amide bonds. The predicted octanol–water partition coefficient (Wildman–Crippen LogP) is 3.07. The second-order valence-electron chi connectivity index (χ2n) is 7.75. The van der Waals surface area contributed by atoms with Gasteiger partial charge >= 0.3 is 5.97 Å². The molecule has 9 heteroatoms. The fraction of sp³-hybridized carbons (Fsp3) is 0.360. The van der Waals surface area contributed by atoms with E-state index in [2.05, 4.69) is 16.8 Å². The molecular formula is C25H30N4O5. The average molecular weight is 467 g/mol. The van der Waals surface area contributed by atoms with Crippen molar-refractivity contribution >= 4 is 29.5 Å². The van der Waals surface area contributed by atoms with Crippen molar-refractivity contribution in [3.8, 4) is 11.8 Å². The van der Waals surface area contributed by atoms with Crippen molar-refractivity contribution in [2.75, 3.05) is 32.6 Å². The highest BCUT2D eigenvalue weighted by Gasteiger charge is 2.18. The van der Waals surface area contributed by atoms with E-state index in [4.69, 9.17) is 9.47 Å². The lowest BCUT2D eigenvalue weighted by Gasteiger charge is -2.17. The molecule has 1 aromatic carbocycles. The lowest BCUT2D eigenvalue weighted by molar-refractivity contribution is -0.148. The molecule has 0 atom stereocenters. The highest BCUT2D eigenvalue weighted by atomic mass is 16.5. The number of amides is 2.